The first kappa shape index (κ1) is 17.2. The van der Waals surface area contributed by atoms with Crippen molar-refractivity contribution in [1.29, 1.82) is 0 Å². The predicted octanol–water partition coefficient (Wildman–Crippen LogP) is 3.24. The zero-order valence-corrected chi connectivity index (χ0v) is 14.6. The molecule has 0 saturated heterocycles. The first-order valence-corrected chi connectivity index (χ1v) is 7.89. The Hall–Kier alpha value is -2.11. The van der Waals surface area contributed by atoms with Crippen LogP contribution in [-0.2, 0) is 13.1 Å². The van der Waals surface area contributed by atoms with Crippen molar-refractivity contribution in [3.63, 3.8) is 0 Å². The molecule has 0 saturated carbocycles. The fourth-order valence-corrected chi connectivity index (χ4v) is 2.35. The molecule has 4 nitrogen and oxygen atoms in total. The fourth-order valence-electron chi connectivity index (χ4n) is 2.16. The van der Waals surface area contributed by atoms with Gasteiger partial charge in [-0.3, -0.25) is 0 Å². The van der Waals surface area contributed by atoms with Crippen LogP contribution in [0.3, 0.4) is 0 Å². The Bertz CT molecular complexity index is 624. The molecule has 2 N–H and O–H groups in total. The standard InChI is InChI=1S/C18H23N3OS/c1-21(2)13-15-6-4-14(5-7-15)12-19-18(23)20-16-8-10-17(22-3)11-9-16/h4-11H,12-13H2,1-3H3,(H2,19,20,23). The van der Waals surface area contributed by atoms with Gasteiger partial charge in [0.2, 0.25) is 0 Å². The summed E-state index contributed by atoms with van der Waals surface area (Å²) >= 11 is 5.32. The fraction of sp³-hybridized carbons (Fsp3) is 0.278. The van der Waals surface area contributed by atoms with Crippen molar-refractivity contribution in [3.05, 3.63) is 59.7 Å². The molecule has 0 aromatic heterocycles. The molecule has 23 heavy (non-hydrogen) atoms. The molecule has 0 aliphatic carbocycles. The van der Waals surface area contributed by atoms with Crippen molar-refractivity contribution in [3.8, 4) is 5.75 Å². The number of hydrogen-bond donors (Lipinski definition) is 2. The third-order valence-electron chi connectivity index (χ3n) is 3.32. The summed E-state index contributed by atoms with van der Waals surface area (Å²) in [7, 11) is 5.79. The van der Waals surface area contributed by atoms with Gasteiger partial charge < -0.3 is 20.3 Å². The Morgan fingerprint density at radius 2 is 1.61 bits per heavy atom. The van der Waals surface area contributed by atoms with Crippen molar-refractivity contribution in [1.82, 2.24) is 10.2 Å². The monoisotopic (exact) mass is 329 g/mol. The van der Waals surface area contributed by atoms with Crippen LogP contribution in [0.2, 0.25) is 0 Å². The summed E-state index contributed by atoms with van der Waals surface area (Å²) in [6.07, 6.45) is 0. The Labute approximate surface area is 143 Å². The SMILES string of the molecule is COc1ccc(NC(=S)NCc2ccc(CN(C)C)cc2)cc1. The van der Waals surface area contributed by atoms with E-state index in [0.29, 0.717) is 11.7 Å². The van der Waals surface area contributed by atoms with Crippen LogP contribution in [0, 0.1) is 0 Å². The molecule has 2 aromatic rings. The number of anilines is 1. The molecule has 2 aromatic carbocycles. The van der Waals surface area contributed by atoms with Crippen molar-refractivity contribution in [2.24, 2.45) is 0 Å². The van der Waals surface area contributed by atoms with Crippen LogP contribution >= 0.6 is 12.2 Å². The topological polar surface area (TPSA) is 36.5 Å². The number of thiocarbonyl (C=S) groups is 1. The number of benzene rings is 2. The van der Waals surface area contributed by atoms with E-state index in [2.05, 4.69) is 53.9 Å². The molecule has 0 aliphatic heterocycles. The smallest absolute Gasteiger partial charge is 0.171 e. The van der Waals surface area contributed by atoms with Gasteiger partial charge in [-0.1, -0.05) is 24.3 Å². The zero-order valence-electron chi connectivity index (χ0n) is 13.8. The van der Waals surface area contributed by atoms with E-state index >= 15 is 0 Å². The lowest BCUT2D eigenvalue weighted by Crippen LogP contribution is -2.27. The number of nitrogens with zero attached hydrogens (tertiary/aromatic N) is 1. The molecule has 0 heterocycles. The highest BCUT2D eigenvalue weighted by Gasteiger charge is 2.00. The lowest BCUT2D eigenvalue weighted by molar-refractivity contribution is 0.402. The van der Waals surface area contributed by atoms with Crippen molar-refractivity contribution < 1.29 is 4.74 Å². The maximum atomic E-state index is 5.32. The maximum Gasteiger partial charge on any atom is 0.171 e. The van der Waals surface area contributed by atoms with Gasteiger partial charge in [0.25, 0.3) is 0 Å². The molecule has 0 spiro atoms. The minimum atomic E-state index is 0.604. The molecular weight excluding hydrogens is 306 g/mol. The van der Waals surface area contributed by atoms with E-state index in [1.165, 1.54) is 11.1 Å². The van der Waals surface area contributed by atoms with Gasteiger partial charge in [0, 0.05) is 18.8 Å². The van der Waals surface area contributed by atoms with Gasteiger partial charge in [0.05, 0.1) is 7.11 Å². The third-order valence-corrected chi connectivity index (χ3v) is 3.57. The van der Waals surface area contributed by atoms with Crippen molar-refractivity contribution in [2.45, 2.75) is 13.1 Å². The van der Waals surface area contributed by atoms with E-state index in [-0.39, 0.29) is 0 Å². The Morgan fingerprint density at radius 1 is 1.00 bits per heavy atom. The Balaban J connectivity index is 1.81. The minimum Gasteiger partial charge on any atom is -0.497 e. The molecule has 0 amide bonds. The number of nitrogens with one attached hydrogen (secondary N) is 2. The molecule has 0 unspecified atom stereocenters. The van der Waals surface area contributed by atoms with E-state index in [4.69, 9.17) is 17.0 Å². The van der Waals surface area contributed by atoms with Crippen LogP contribution in [-0.4, -0.2) is 31.2 Å². The molecule has 0 bridgehead atoms. The van der Waals surface area contributed by atoms with Gasteiger partial charge in [-0.05, 0) is 61.7 Å². The Kier molecular flexibility index (Phi) is 6.38. The zero-order chi connectivity index (χ0) is 16.7. The van der Waals surface area contributed by atoms with E-state index in [9.17, 15) is 0 Å². The second-order valence-corrected chi connectivity index (χ2v) is 6.00. The van der Waals surface area contributed by atoms with E-state index in [1.807, 2.05) is 24.3 Å². The summed E-state index contributed by atoms with van der Waals surface area (Å²) in [6.45, 7) is 1.65. The van der Waals surface area contributed by atoms with Crippen LogP contribution < -0.4 is 15.4 Å². The molecule has 0 atom stereocenters. The first-order valence-electron chi connectivity index (χ1n) is 7.48. The van der Waals surface area contributed by atoms with E-state index in [1.54, 1.807) is 7.11 Å². The summed E-state index contributed by atoms with van der Waals surface area (Å²) in [5.74, 6) is 0.826. The number of methoxy groups -OCH3 is 1. The summed E-state index contributed by atoms with van der Waals surface area (Å²) in [4.78, 5) is 2.15. The highest BCUT2D eigenvalue weighted by atomic mass is 32.1. The van der Waals surface area contributed by atoms with Gasteiger partial charge in [-0.2, -0.15) is 0 Å². The largest absolute Gasteiger partial charge is 0.497 e. The minimum absolute atomic E-state index is 0.604. The van der Waals surface area contributed by atoms with Crippen LogP contribution in [0.25, 0.3) is 0 Å². The summed E-state index contributed by atoms with van der Waals surface area (Å²) in [5, 5.41) is 6.98. The van der Waals surface area contributed by atoms with Gasteiger partial charge in [0.15, 0.2) is 5.11 Å². The number of hydrogen-bond acceptors (Lipinski definition) is 3. The molecule has 5 heteroatoms. The van der Waals surface area contributed by atoms with Gasteiger partial charge in [-0.15, -0.1) is 0 Å². The van der Waals surface area contributed by atoms with Crippen LogP contribution in [0.15, 0.2) is 48.5 Å². The molecule has 0 radical (unpaired) electrons. The second kappa shape index (κ2) is 8.50. The maximum absolute atomic E-state index is 5.32. The molecule has 0 fully saturated rings. The lowest BCUT2D eigenvalue weighted by Gasteiger charge is -2.12. The second-order valence-electron chi connectivity index (χ2n) is 5.59. The third kappa shape index (κ3) is 5.88. The van der Waals surface area contributed by atoms with Crippen LogP contribution in [0.4, 0.5) is 5.69 Å². The average molecular weight is 329 g/mol. The van der Waals surface area contributed by atoms with E-state index < -0.39 is 0 Å². The van der Waals surface area contributed by atoms with Crippen molar-refractivity contribution >= 4 is 23.0 Å². The van der Waals surface area contributed by atoms with Crippen molar-refractivity contribution in [2.75, 3.05) is 26.5 Å². The summed E-state index contributed by atoms with van der Waals surface area (Å²) in [6, 6.07) is 16.2. The van der Waals surface area contributed by atoms with Gasteiger partial charge in [0.1, 0.15) is 5.75 Å². The highest BCUT2D eigenvalue weighted by Crippen LogP contribution is 2.14. The normalized spacial score (nSPS) is 10.4. The Morgan fingerprint density at radius 3 is 2.17 bits per heavy atom. The summed E-state index contributed by atoms with van der Waals surface area (Å²) < 4.78 is 5.13. The number of rotatable bonds is 6. The average Bonchev–Trinajstić information content (AvgIpc) is 2.54. The molecule has 0 aliphatic rings. The predicted molar refractivity (Wildman–Crippen MR) is 99.9 cm³/mol. The highest BCUT2D eigenvalue weighted by molar-refractivity contribution is 7.80. The summed E-state index contributed by atoms with van der Waals surface area (Å²) in [5.41, 5.74) is 3.44. The molecule has 2 rings (SSSR count). The van der Waals surface area contributed by atoms with Gasteiger partial charge >= 0.3 is 0 Å². The van der Waals surface area contributed by atoms with Gasteiger partial charge in [-0.25, -0.2) is 0 Å². The van der Waals surface area contributed by atoms with Crippen LogP contribution in [0.1, 0.15) is 11.1 Å². The van der Waals surface area contributed by atoms with E-state index in [0.717, 1.165) is 18.0 Å². The molecular formula is C18H23N3OS. The number of ether oxygens (including phenoxy) is 1. The quantitative estimate of drug-likeness (QED) is 0.796. The molecule has 122 valence electrons. The van der Waals surface area contributed by atoms with Crippen LogP contribution in [0.5, 0.6) is 5.75 Å². The lowest BCUT2D eigenvalue weighted by atomic mass is 10.1. The first-order chi connectivity index (χ1) is 11.1.